The van der Waals surface area contributed by atoms with Crippen LogP contribution in [0.1, 0.15) is 5.56 Å². The fourth-order valence-electron chi connectivity index (χ4n) is 1.80. The molecule has 4 N–H and O–H groups in total. The fourth-order valence-corrected chi connectivity index (χ4v) is 1.80. The third-order valence-corrected chi connectivity index (χ3v) is 2.70. The molecule has 0 aliphatic rings. The average Bonchev–Trinajstić information content (AvgIpc) is 2.85. The van der Waals surface area contributed by atoms with Crippen molar-refractivity contribution < 1.29 is 4.39 Å². The lowest BCUT2D eigenvalue weighted by Crippen LogP contribution is -2.06. The first-order valence-electron chi connectivity index (χ1n) is 5.68. The molecule has 0 fully saturated rings. The monoisotopic (exact) mass is 258 g/mol. The summed E-state index contributed by atoms with van der Waals surface area (Å²) in [6, 6.07) is 6.54. The van der Waals surface area contributed by atoms with E-state index >= 15 is 0 Å². The summed E-state index contributed by atoms with van der Waals surface area (Å²) in [4.78, 5) is 15.0. The van der Waals surface area contributed by atoms with Gasteiger partial charge in [0.1, 0.15) is 11.3 Å². The van der Waals surface area contributed by atoms with E-state index in [1.165, 1.54) is 12.4 Å². The second-order valence-corrected chi connectivity index (χ2v) is 3.98. The number of H-pyrrole nitrogens is 1. The van der Waals surface area contributed by atoms with E-state index in [-0.39, 0.29) is 11.8 Å². The van der Waals surface area contributed by atoms with E-state index in [1.807, 2.05) is 0 Å². The van der Waals surface area contributed by atoms with Gasteiger partial charge in [0.2, 0.25) is 5.95 Å². The van der Waals surface area contributed by atoms with Gasteiger partial charge >= 0.3 is 0 Å². The van der Waals surface area contributed by atoms with Gasteiger partial charge in [-0.3, -0.25) is 0 Å². The first-order chi connectivity index (χ1) is 9.24. The zero-order chi connectivity index (χ0) is 13.2. The number of aromatic amines is 1. The number of aromatic nitrogens is 4. The fraction of sp³-hybridized carbons (Fsp3) is 0.0833. The van der Waals surface area contributed by atoms with Crippen molar-refractivity contribution in [3.8, 4) is 0 Å². The van der Waals surface area contributed by atoms with Crippen molar-refractivity contribution in [3.63, 3.8) is 0 Å². The van der Waals surface area contributed by atoms with Gasteiger partial charge in [0, 0.05) is 12.1 Å². The number of nitrogens with zero attached hydrogens (tertiary/aromatic N) is 3. The number of nitrogens with one attached hydrogen (secondary N) is 2. The third-order valence-electron chi connectivity index (χ3n) is 2.70. The van der Waals surface area contributed by atoms with E-state index in [0.717, 1.165) is 0 Å². The molecule has 6 nitrogen and oxygen atoms in total. The van der Waals surface area contributed by atoms with Crippen molar-refractivity contribution in [1.82, 2.24) is 19.9 Å². The number of rotatable bonds is 3. The molecule has 0 aliphatic carbocycles. The van der Waals surface area contributed by atoms with Gasteiger partial charge in [-0.25, -0.2) is 9.37 Å². The van der Waals surface area contributed by atoms with E-state index in [1.54, 1.807) is 18.2 Å². The summed E-state index contributed by atoms with van der Waals surface area (Å²) in [6.45, 7) is 0.297. The van der Waals surface area contributed by atoms with Crippen LogP contribution in [0.4, 0.5) is 16.2 Å². The van der Waals surface area contributed by atoms with E-state index in [4.69, 9.17) is 5.73 Å². The number of hydrogen-bond donors (Lipinski definition) is 3. The molecule has 2 aromatic heterocycles. The number of nitrogen functional groups attached to an aromatic ring is 1. The normalized spacial score (nSPS) is 10.8. The number of anilines is 2. The molecule has 0 spiro atoms. The maximum absolute atomic E-state index is 13.5. The van der Waals surface area contributed by atoms with E-state index in [0.29, 0.717) is 29.1 Å². The molecule has 0 unspecified atom stereocenters. The smallest absolute Gasteiger partial charge is 0.224 e. The topological polar surface area (TPSA) is 92.5 Å². The van der Waals surface area contributed by atoms with E-state index in [2.05, 4.69) is 25.3 Å². The number of fused-ring (bicyclic) bond motifs is 1. The molecule has 7 heteroatoms. The summed E-state index contributed by atoms with van der Waals surface area (Å²) in [6.07, 6.45) is 1.51. The Bertz CT molecular complexity index is 723. The van der Waals surface area contributed by atoms with Crippen LogP contribution in [0, 0.1) is 5.82 Å². The first-order valence-corrected chi connectivity index (χ1v) is 5.68. The van der Waals surface area contributed by atoms with Crippen LogP contribution in [0.25, 0.3) is 11.2 Å². The van der Waals surface area contributed by atoms with Gasteiger partial charge in [0.05, 0.1) is 6.33 Å². The number of nitrogens with two attached hydrogens (primary N) is 1. The maximum atomic E-state index is 13.5. The Morgan fingerprint density at radius 1 is 1.26 bits per heavy atom. The Morgan fingerprint density at radius 2 is 2.11 bits per heavy atom. The predicted octanol–water partition coefficient (Wildman–Crippen LogP) is 1.69. The molecular weight excluding hydrogens is 247 g/mol. The summed E-state index contributed by atoms with van der Waals surface area (Å²) in [5.41, 5.74) is 7.26. The molecule has 0 bridgehead atoms. The lowest BCUT2D eigenvalue weighted by molar-refractivity contribution is 0.613. The highest BCUT2D eigenvalue weighted by atomic mass is 19.1. The summed E-state index contributed by atoms with van der Waals surface area (Å²) >= 11 is 0. The van der Waals surface area contributed by atoms with Gasteiger partial charge < -0.3 is 16.0 Å². The van der Waals surface area contributed by atoms with E-state index < -0.39 is 0 Å². The van der Waals surface area contributed by atoms with Crippen molar-refractivity contribution in [2.75, 3.05) is 11.1 Å². The molecular formula is C12H11FN6. The quantitative estimate of drug-likeness (QED) is 0.664. The first kappa shape index (κ1) is 11.4. The Hall–Kier alpha value is -2.70. The molecule has 19 heavy (non-hydrogen) atoms. The van der Waals surface area contributed by atoms with Crippen LogP contribution >= 0.6 is 0 Å². The van der Waals surface area contributed by atoms with Gasteiger partial charge in [0.25, 0.3) is 0 Å². The van der Waals surface area contributed by atoms with Crippen LogP contribution < -0.4 is 11.1 Å². The molecule has 0 atom stereocenters. The van der Waals surface area contributed by atoms with Crippen molar-refractivity contribution in [2.24, 2.45) is 0 Å². The van der Waals surface area contributed by atoms with Gasteiger partial charge in [-0.1, -0.05) is 18.2 Å². The van der Waals surface area contributed by atoms with Crippen LogP contribution in [0.15, 0.2) is 30.6 Å². The lowest BCUT2D eigenvalue weighted by atomic mass is 10.2. The SMILES string of the molecule is Nc1nc(NCc2ccccc2F)c2nc[nH]c2n1. The minimum atomic E-state index is -0.268. The van der Waals surface area contributed by atoms with E-state index in [9.17, 15) is 4.39 Å². The predicted molar refractivity (Wildman–Crippen MR) is 69.8 cm³/mol. The van der Waals surface area contributed by atoms with Crippen molar-refractivity contribution in [2.45, 2.75) is 6.54 Å². The number of hydrogen-bond acceptors (Lipinski definition) is 5. The summed E-state index contributed by atoms with van der Waals surface area (Å²) < 4.78 is 13.5. The second-order valence-electron chi connectivity index (χ2n) is 3.98. The Labute approximate surface area is 107 Å². The molecule has 0 saturated heterocycles. The van der Waals surface area contributed by atoms with Crippen molar-refractivity contribution >= 4 is 22.9 Å². The number of benzene rings is 1. The number of imidazole rings is 1. The van der Waals surface area contributed by atoms with Gasteiger partial charge in [-0.2, -0.15) is 9.97 Å². The molecule has 0 aliphatic heterocycles. The molecule has 0 saturated carbocycles. The zero-order valence-electron chi connectivity index (χ0n) is 9.89. The van der Waals surface area contributed by atoms with Crippen LogP contribution in [-0.4, -0.2) is 19.9 Å². The second kappa shape index (κ2) is 4.52. The van der Waals surface area contributed by atoms with Gasteiger partial charge in [-0.15, -0.1) is 0 Å². The lowest BCUT2D eigenvalue weighted by Gasteiger charge is -2.07. The molecule has 3 aromatic rings. The standard InChI is InChI=1S/C12H11FN6/c13-8-4-2-1-3-7(8)5-15-10-9-11(17-6-16-9)19-12(14)18-10/h1-4,6H,5H2,(H4,14,15,16,17,18,19). The zero-order valence-corrected chi connectivity index (χ0v) is 9.89. The Kier molecular flexibility index (Phi) is 2.71. The highest BCUT2D eigenvalue weighted by Crippen LogP contribution is 2.18. The molecule has 0 amide bonds. The van der Waals surface area contributed by atoms with Gasteiger partial charge in [-0.05, 0) is 6.07 Å². The minimum absolute atomic E-state index is 0.132. The van der Waals surface area contributed by atoms with Crippen LogP contribution in [-0.2, 0) is 6.54 Å². The van der Waals surface area contributed by atoms with Crippen LogP contribution in [0.3, 0.4) is 0 Å². The van der Waals surface area contributed by atoms with Crippen molar-refractivity contribution in [1.29, 1.82) is 0 Å². The third kappa shape index (κ3) is 2.17. The summed E-state index contributed by atoms with van der Waals surface area (Å²) in [5.74, 6) is 0.343. The molecule has 3 rings (SSSR count). The van der Waals surface area contributed by atoms with Crippen molar-refractivity contribution in [3.05, 3.63) is 42.0 Å². The largest absolute Gasteiger partial charge is 0.368 e. The highest BCUT2D eigenvalue weighted by molar-refractivity contribution is 5.83. The minimum Gasteiger partial charge on any atom is -0.368 e. The Morgan fingerprint density at radius 3 is 2.95 bits per heavy atom. The molecule has 96 valence electrons. The van der Waals surface area contributed by atoms with Gasteiger partial charge in [0.15, 0.2) is 11.5 Å². The number of halogens is 1. The molecule has 2 heterocycles. The Balaban J connectivity index is 1.90. The summed E-state index contributed by atoms with van der Waals surface area (Å²) in [7, 11) is 0. The summed E-state index contributed by atoms with van der Waals surface area (Å²) in [5, 5.41) is 3.02. The molecule has 1 aromatic carbocycles. The average molecular weight is 258 g/mol. The van der Waals surface area contributed by atoms with Crippen LogP contribution in [0.5, 0.6) is 0 Å². The van der Waals surface area contributed by atoms with Crippen LogP contribution in [0.2, 0.25) is 0 Å². The highest BCUT2D eigenvalue weighted by Gasteiger charge is 2.09. The maximum Gasteiger partial charge on any atom is 0.224 e. The molecule has 0 radical (unpaired) electrons.